The molecule has 1 aromatic heterocycles. The number of methoxy groups -OCH3 is 1. The second-order valence-electron chi connectivity index (χ2n) is 7.72. The van der Waals surface area contributed by atoms with Gasteiger partial charge in [0.05, 0.1) is 12.7 Å². The van der Waals surface area contributed by atoms with Crippen molar-refractivity contribution in [2.45, 2.75) is 43.7 Å². The van der Waals surface area contributed by atoms with Crippen molar-refractivity contribution >= 4 is 17.5 Å². The Morgan fingerprint density at radius 2 is 2.00 bits per heavy atom. The second-order valence-corrected chi connectivity index (χ2v) is 8.11. The molecule has 5 nitrogen and oxygen atoms in total. The number of hydrogen-bond donors (Lipinski definition) is 1. The number of rotatable bonds is 3. The quantitative estimate of drug-likeness (QED) is 0.790. The molecule has 1 aliphatic heterocycles. The van der Waals surface area contributed by atoms with Crippen molar-refractivity contribution in [3.8, 4) is 5.88 Å². The Kier molecular flexibility index (Phi) is 5.30. The van der Waals surface area contributed by atoms with Crippen molar-refractivity contribution in [1.29, 1.82) is 0 Å². The summed E-state index contributed by atoms with van der Waals surface area (Å²) in [6.45, 7) is 0.508. The van der Waals surface area contributed by atoms with E-state index in [4.69, 9.17) is 16.3 Å². The van der Waals surface area contributed by atoms with E-state index in [1.165, 1.54) is 7.11 Å². The molecule has 3 atom stereocenters. The van der Waals surface area contributed by atoms with Crippen molar-refractivity contribution in [2.75, 3.05) is 13.7 Å². The van der Waals surface area contributed by atoms with Crippen molar-refractivity contribution in [1.82, 2.24) is 9.88 Å². The maximum atomic E-state index is 13.3. The lowest BCUT2D eigenvalue weighted by Crippen LogP contribution is -2.59. The van der Waals surface area contributed by atoms with E-state index in [0.29, 0.717) is 24.4 Å². The smallest absolute Gasteiger partial charge is 0.254 e. The van der Waals surface area contributed by atoms with Gasteiger partial charge < -0.3 is 14.7 Å². The van der Waals surface area contributed by atoms with Crippen LogP contribution in [-0.2, 0) is 5.60 Å². The summed E-state index contributed by atoms with van der Waals surface area (Å²) < 4.78 is 5.16. The zero-order chi connectivity index (χ0) is 19.7. The molecule has 1 aromatic carbocycles. The Morgan fingerprint density at radius 1 is 1.25 bits per heavy atom. The highest BCUT2D eigenvalue weighted by atomic mass is 35.5. The van der Waals surface area contributed by atoms with E-state index in [-0.39, 0.29) is 23.0 Å². The first-order valence-electron chi connectivity index (χ1n) is 9.83. The van der Waals surface area contributed by atoms with Gasteiger partial charge in [-0.1, -0.05) is 54.8 Å². The highest BCUT2D eigenvalue weighted by Crippen LogP contribution is 2.47. The van der Waals surface area contributed by atoms with Gasteiger partial charge in [0, 0.05) is 30.1 Å². The van der Waals surface area contributed by atoms with Gasteiger partial charge in [-0.15, -0.1) is 0 Å². The predicted molar refractivity (Wildman–Crippen MR) is 108 cm³/mol. The van der Waals surface area contributed by atoms with Crippen LogP contribution >= 0.6 is 11.6 Å². The average Bonchev–Trinajstić information content (AvgIpc) is 2.74. The first-order valence-corrected chi connectivity index (χ1v) is 10.2. The van der Waals surface area contributed by atoms with Crippen LogP contribution in [0.3, 0.4) is 0 Å². The van der Waals surface area contributed by atoms with Crippen molar-refractivity contribution in [3.05, 3.63) is 58.7 Å². The number of amides is 1. The molecule has 2 heterocycles. The number of aromatic nitrogens is 1. The number of halogens is 1. The summed E-state index contributed by atoms with van der Waals surface area (Å²) in [5.41, 5.74) is 0.537. The van der Waals surface area contributed by atoms with E-state index < -0.39 is 5.60 Å². The van der Waals surface area contributed by atoms with Gasteiger partial charge in [-0.05, 0) is 30.9 Å². The molecule has 0 radical (unpaired) electrons. The normalized spacial score (nSPS) is 27.2. The molecule has 2 fully saturated rings. The number of hydrogen-bond acceptors (Lipinski definition) is 4. The number of piperidine rings is 1. The predicted octanol–water partition coefficient (Wildman–Crippen LogP) is 4.04. The number of fused-ring (bicyclic) bond motifs is 1. The van der Waals surface area contributed by atoms with Gasteiger partial charge in [-0.3, -0.25) is 4.79 Å². The van der Waals surface area contributed by atoms with Crippen LogP contribution in [-0.4, -0.2) is 40.6 Å². The maximum Gasteiger partial charge on any atom is 0.254 e. The van der Waals surface area contributed by atoms with E-state index in [9.17, 15) is 9.90 Å². The van der Waals surface area contributed by atoms with Gasteiger partial charge in [0.15, 0.2) is 0 Å². The fraction of sp³-hybridized carbons (Fsp3) is 0.455. The van der Waals surface area contributed by atoms with Crippen LogP contribution < -0.4 is 4.74 Å². The molecule has 6 heteroatoms. The summed E-state index contributed by atoms with van der Waals surface area (Å²) in [4.78, 5) is 19.3. The second kappa shape index (κ2) is 7.72. The monoisotopic (exact) mass is 400 g/mol. The molecule has 0 unspecified atom stereocenters. The van der Waals surface area contributed by atoms with Gasteiger partial charge >= 0.3 is 0 Å². The van der Waals surface area contributed by atoms with Gasteiger partial charge in [0.1, 0.15) is 5.15 Å². The Labute approximate surface area is 170 Å². The average molecular weight is 401 g/mol. The van der Waals surface area contributed by atoms with Crippen LogP contribution in [0.1, 0.15) is 48.0 Å². The highest BCUT2D eigenvalue weighted by molar-refractivity contribution is 6.29. The van der Waals surface area contributed by atoms with E-state index in [1.54, 1.807) is 12.1 Å². The van der Waals surface area contributed by atoms with Crippen molar-refractivity contribution in [2.24, 2.45) is 5.92 Å². The largest absolute Gasteiger partial charge is 0.481 e. The Balaban J connectivity index is 1.66. The van der Waals surface area contributed by atoms with Crippen LogP contribution in [0.4, 0.5) is 0 Å². The first-order chi connectivity index (χ1) is 13.5. The summed E-state index contributed by atoms with van der Waals surface area (Å²) in [5.74, 6) is 0.281. The minimum Gasteiger partial charge on any atom is -0.481 e. The molecule has 4 rings (SSSR count). The molecule has 1 saturated carbocycles. The van der Waals surface area contributed by atoms with E-state index in [1.807, 2.05) is 35.2 Å². The summed E-state index contributed by atoms with van der Waals surface area (Å²) in [6, 6.07) is 13.1. The van der Waals surface area contributed by atoms with E-state index in [0.717, 1.165) is 31.2 Å². The molecule has 1 amide bonds. The zero-order valence-corrected chi connectivity index (χ0v) is 16.7. The van der Waals surface area contributed by atoms with Crippen LogP contribution in [0, 0.1) is 5.92 Å². The molecule has 2 aliphatic rings. The van der Waals surface area contributed by atoms with Crippen LogP contribution in [0.25, 0.3) is 0 Å². The molecule has 148 valence electrons. The Hall–Kier alpha value is -2.11. The molecule has 2 aromatic rings. The van der Waals surface area contributed by atoms with Crippen molar-refractivity contribution in [3.63, 3.8) is 0 Å². The van der Waals surface area contributed by atoms with E-state index >= 15 is 0 Å². The number of ether oxygens (including phenoxy) is 1. The third kappa shape index (κ3) is 3.38. The number of nitrogens with zero attached hydrogens (tertiary/aromatic N) is 2. The Morgan fingerprint density at radius 3 is 2.75 bits per heavy atom. The first kappa shape index (κ1) is 19.2. The topological polar surface area (TPSA) is 62.7 Å². The molecular weight excluding hydrogens is 376 g/mol. The standard InChI is InChI=1S/C22H25ClN2O3/c1-28-20-14-15(13-19(23)24-20)21(26)25-12-11-22(27,16-7-3-2-4-8-16)17-9-5-6-10-18(17)25/h2-4,7-8,13-14,17-18,27H,5-6,9-12H2,1H3/t17-,18+,22-/m0/s1. The van der Waals surface area contributed by atoms with E-state index in [2.05, 4.69) is 4.98 Å². The summed E-state index contributed by atoms with van der Waals surface area (Å²) in [5, 5.41) is 11.9. The minimum absolute atomic E-state index is 0.0122. The number of likely N-dealkylation sites (tertiary alicyclic amines) is 1. The fourth-order valence-electron chi connectivity index (χ4n) is 4.89. The number of pyridine rings is 1. The van der Waals surface area contributed by atoms with Crippen LogP contribution in [0.5, 0.6) is 5.88 Å². The van der Waals surface area contributed by atoms with Crippen LogP contribution in [0.2, 0.25) is 5.15 Å². The molecule has 1 N–H and O–H groups in total. The third-order valence-electron chi connectivity index (χ3n) is 6.24. The van der Waals surface area contributed by atoms with Crippen LogP contribution in [0.15, 0.2) is 42.5 Å². The molecule has 1 aliphatic carbocycles. The molecular formula is C22H25ClN2O3. The summed E-state index contributed by atoms with van der Waals surface area (Å²) >= 11 is 6.07. The van der Waals surface area contributed by atoms with Gasteiger partial charge in [0.25, 0.3) is 5.91 Å². The molecule has 0 bridgehead atoms. The number of carbonyl (C=O) groups excluding carboxylic acids is 1. The third-order valence-corrected chi connectivity index (χ3v) is 6.43. The summed E-state index contributed by atoms with van der Waals surface area (Å²) in [6.07, 6.45) is 4.49. The van der Waals surface area contributed by atoms with Crippen molar-refractivity contribution < 1.29 is 14.6 Å². The summed E-state index contributed by atoms with van der Waals surface area (Å²) in [7, 11) is 1.50. The lowest BCUT2D eigenvalue weighted by Gasteiger charge is -2.52. The fourth-order valence-corrected chi connectivity index (χ4v) is 5.09. The number of aliphatic hydroxyl groups is 1. The molecule has 1 saturated heterocycles. The number of benzene rings is 1. The Bertz CT molecular complexity index is 860. The minimum atomic E-state index is -0.892. The lowest BCUT2D eigenvalue weighted by molar-refractivity contribution is -0.110. The highest BCUT2D eigenvalue weighted by Gasteiger charge is 2.50. The van der Waals surface area contributed by atoms with Gasteiger partial charge in [-0.2, -0.15) is 0 Å². The lowest BCUT2D eigenvalue weighted by atomic mass is 9.66. The molecule has 0 spiro atoms. The molecule has 28 heavy (non-hydrogen) atoms. The number of carbonyl (C=O) groups is 1. The zero-order valence-electron chi connectivity index (χ0n) is 16.0. The van der Waals surface area contributed by atoms with Gasteiger partial charge in [0.2, 0.25) is 5.88 Å². The SMILES string of the molecule is COc1cc(C(=O)N2CC[C@](O)(c3ccccc3)[C@H]3CCCC[C@H]32)cc(Cl)n1. The maximum absolute atomic E-state index is 13.3. The van der Waals surface area contributed by atoms with Gasteiger partial charge in [-0.25, -0.2) is 4.98 Å².